The first-order chi connectivity index (χ1) is 22.6. The van der Waals surface area contributed by atoms with Crippen molar-refractivity contribution in [3.8, 4) is 5.75 Å². The van der Waals surface area contributed by atoms with Crippen LogP contribution in [0.2, 0.25) is 0 Å². The maximum Gasteiger partial charge on any atom is 0.256 e. The Morgan fingerprint density at radius 3 is 2.55 bits per heavy atom. The van der Waals surface area contributed by atoms with E-state index >= 15 is 0 Å². The summed E-state index contributed by atoms with van der Waals surface area (Å²) < 4.78 is 5.07. The van der Waals surface area contributed by atoms with Gasteiger partial charge in [0.2, 0.25) is 5.91 Å². The van der Waals surface area contributed by atoms with Crippen LogP contribution in [0.5, 0.6) is 5.75 Å². The number of nitrogens with two attached hydrogens (primary N) is 2. The Balaban J connectivity index is 0.000000238. The molecule has 1 aromatic carbocycles. The number of amidine groups is 1. The lowest BCUT2D eigenvalue weighted by Crippen LogP contribution is -2.29. The Labute approximate surface area is 278 Å². The molecule has 1 saturated carbocycles. The van der Waals surface area contributed by atoms with Gasteiger partial charge in [0.25, 0.3) is 5.91 Å². The van der Waals surface area contributed by atoms with E-state index in [4.69, 9.17) is 21.2 Å². The number of nitrogens with zero attached hydrogens (tertiary/aromatic N) is 5. The zero-order valence-electron chi connectivity index (χ0n) is 28.1. The fraction of sp³-hybridized carbons (Fsp3) is 0.417. The van der Waals surface area contributed by atoms with Gasteiger partial charge in [-0.1, -0.05) is 37.6 Å². The van der Waals surface area contributed by atoms with Crippen molar-refractivity contribution in [1.29, 1.82) is 0 Å². The number of ether oxygens (including phenoxy) is 1. The molecule has 2 atom stereocenters. The first kappa shape index (κ1) is 35.1. The molecule has 11 nitrogen and oxygen atoms in total. The summed E-state index contributed by atoms with van der Waals surface area (Å²) in [6.07, 6.45) is 11.3. The highest BCUT2D eigenvalue weighted by Crippen LogP contribution is 2.26. The van der Waals surface area contributed by atoms with Crippen LogP contribution in [0.4, 0.5) is 11.6 Å². The number of nitrogen functional groups attached to an aromatic ring is 1. The predicted octanol–water partition coefficient (Wildman–Crippen LogP) is 4.78. The van der Waals surface area contributed by atoms with Gasteiger partial charge in [0.05, 0.1) is 18.7 Å². The molecule has 11 heteroatoms. The lowest BCUT2D eigenvalue weighted by atomic mass is 9.94. The monoisotopic (exact) mass is 640 g/mol. The lowest BCUT2D eigenvalue weighted by molar-refractivity contribution is -0.125. The zero-order chi connectivity index (χ0) is 33.9. The Bertz CT molecular complexity index is 1570. The van der Waals surface area contributed by atoms with Crippen LogP contribution in [0, 0.1) is 6.92 Å². The molecule has 2 aliphatic rings. The van der Waals surface area contributed by atoms with Crippen LogP contribution in [-0.4, -0.2) is 83.3 Å². The van der Waals surface area contributed by atoms with Crippen molar-refractivity contribution in [2.24, 2.45) is 10.7 Å². The molecule has 5 rings (SSSR count). The molecular formula is C36H48N8O3. The van der Waals surface area contributed by atoms with E-state index in [1.54, 1.807) is 49.8 Å². The summed E-state index contributed by atoms with van der Waals surface area (Å²) in [5.41, 5.74) is 16.0. The first-order valence-corrected chi connectivity index (χ1v) is 16.2. The summed E-state index contributed by atoms with van der Waals surface area (Å²) >= 11 is 0. The van der Waals surface area contributed by atoms with E-state index in [9.17, 15) is 9.59 Å². The topological polar surface area (TPSA) is 152 Å². The molecule has 2 unspecified atom stereocenters. The van der Waals surface area contributed by atoms with E-state index in [0.29, 0.717) is 53.8 Å². The summed E-state index contributed by atoms with van der Waals surface area (Å²) in [6, 6.07) is 13.4. The molecule has 5 N–H and O–H groups in total. The number of nitrogens with one attached hydrogen (secondary N) is 1. The minimum absolute atomic E-state index is 0.00845. The third kappa shape index (κ3) is 10.1. The summed E-state index contributed by atoms with van der Waals surface area (Å²) in [6.45, 7) is 8.36. The largest absolute Gasteiger partial charge is 0.497 e. The Morgan fingerprint density at radius 1 is 1.15 bits per heavy atom. The van der Waals surface area contributed by atoms with E-state index in [2.05, 4.69) is 41.1 Å². The molecular weight excluding hydrogens is 592 g/mol. The number of aryl methyl sites for hydroxylation is 1. The number of likely N-dealkylation sites (N-methyl/N-ethyl adjacent to an activating group) is 1. The van der Waals surface area contributed by atoms with Gasteiger partial charge in [-0.05, 0) is 75.4 Å². The average Bonchev–Trinajstić information content (AvgIpc) is 3.83. The fourth-order valence-electron chi connectivity index (χ4n) is 5.30. The van der Waals surface area contributed by atoms with Crippen LogP contribution in [0.1, 0.15) is 72.5 Å². The summed E-state index contributed by atoms with van der Waals surface area (Å²) in [5.74, 6) is 2.15. The van der Waals surface area contributed by atoms with Crippen LogP contribution < -0.4 is 21.5 Å². The van der Waals surface area contributed by atoms with Crippen LogP contribution >= 0.6 is 0 Å². The number of amides is 2. The van der Waals surface area contributed by atoms with E-state index in [-0.39, 0.29) is 17.9 Å². The van der Waals surface area contributed by atoms with Gasteiger partial charge < -0.3 is 26.4 Å². The van der Waals surface area contributed by atoms with Crippen molar-refractivity contribution in [2.45, 2.75) is 64.5 Å². The molecule has 1 aliphatic heterocycles. The quantitative estimate of drug-likeness (QED) is 0.154. The summed E-state index contributed by atoms with van der Waals surface area (Å²) in [4.78, 5) is 41.5. The smallest absolute Gasteiger partial charge is 0.256 e. The summed E-state index contributed by atoms with van der Waals surface area (Å²) in [5, 5.41) is 2.72. The van der Waals surface area contributed by atoms with Crippen molar-refractivity contribution in [1.82, 2.24) is 19.8 Å². The van der Waals surface area contributed by atoms with Gasteiger partial charge in [-0.25, -0.2) is 9.97 Å². The number of carbonyl (C=O) groups is 2. The van der Waals surface area contributed by atoms with E-state index in [1.165, 1.54) is 12.8 Å². The molecule has 0 bridgehead atoms. The number of pyridine rings is 2. The van der Waals surface area contributed by atoms with E-state index in [0.717, 1.165) is 36.1 Å². The van der Waals surface area contributed by atoms with Crippen LogP contribution in [-0.2, 0) is 4.79 Å². The van der Waals surface area contributed by atoms with Crippen molar-refractivity contribution in [3.63, 3.8) is 0 Å². The Morgan fingerprint density at radius 2 is 1.87 bits per heavy atom. The van der Waals surface area contributed by atoms with Crippen LogP contribution in [0.25, 0.3) is 0 Å². The third-order valence-electron chi connectivity index (χ3n) is 8.56. The number of hydrogen-bond donors (Lipinski definition) is 3. The number of aromatic nitrogens is 2. The molecule has 1 saturated heterocycles. The fourth-order valence-corrected chi connectivity index (χ4v) is 5.30. The van der Waals surface area contributed by atoms with Crippen molar-refractivity contribution >= 4 is 29.3 Å². The second kappa shape index (κ2) is 16.7. The van der Waals surface area contributed by atoms with Gasteiger partial charge in [-0.3, -0.25) is 19.5 Å². The number of benzene rings is 1. The van der Waals surface area contributed by atoms with E-state index in [1.807, 2.05) is 36.1 Å². The number of aliphatic imine (C=N–C) groups is 1. The standard InChI is InChI=1S/C22H34N6O.C14H14N2O2/c1-4-15(2)18-9-11-25-21(23)20(18)22(24)26-16-10-13-28(14-16)19(29)6-5-12-27(3)17-7-8-17;1-10-3-5-11(6-4-10)14(17)16-13-9-12(18-2)7-8-15-13/h5-6,9,11,15-17H,4,7-8,10,12-14H2,1-3H3,(H2,23,25)(H2,24,26);3-9H,1-2H3,(H,15,16,17)/b6-5+;. The molecule has 3 aromatic rings. The summed E-state index contributed by atoms with van der Waals surface area (Å²) in [7, 11) is 3.68. The van der Waals surface area contributed by atoms with Gasteiger partial charge in [0, 0.05) is 55.8 Å². The predicted molar refractivity (Wildman–Crippen MR) is 188 cm³/mol. The van der Waals surface area contributed by atoms with E-state index < -0.39 is 0 Å². The maximum absolute atomic E-state index is 12.5. The average molecular weight is 641 g/mol. The van der Waals surface area contributed by atoms with Gasteiger partial charge in [0.1, 0.15) is 23.2 Å². The van der Waals surface area contributed by atoms with Gasteiger partial charge in [0.15, 0.2) is 0 Å². The number of rotatable bonds is 11. The number of anilines is 2. The molecule has 2 aromatic heterocycles. The number of likely N-dealkylation sites (tertiary alicyclic amines) is 1. The maximum atomic E-state index is 12.5. The lowest BCUT2D eigenvalue weighted by Gasteiger charge is -2.17. The highest BCUT2D eigenvalue weighted by Gasteiger charge is 2.27. The highest BCUT2D eigenvalue weighted by molar-refractivity contribution is 6.04. The molecule has 1 aliphatic carbocycles. The molecule has 0 spiro atoms. The van der Waals surface area contributed by atoms with Crippen molar-refractivity contribution < 1.29 is 14.3 Å². The van der Waals surface area contributed by atoms with Gasteiger partial charge >= 0.3 is 0 Å². The van der Waals surface area contributed by atoms with Gasteiger partial charge in [-0.2, -0.15) is 0 Å². The third-order valence-corrected chi connectivity index (χ3v) is 8.56. The number of methoxy groups -OCH3 is 1. The molecule has 47 heavy (non-hydrogen) atoms. The molecule has 3 heterocycles. The minimum Gasteiger partial charge on any atom is -0.497 e. The van der Waals surface area contributed by atoms with Crippen molar-refractivity contribution in [3.05, 3.63) is 89.3 Å². The second-order valence-corrected chi connectivity index (χ2v) is 12.2. The first-order valence-electron chi connectivity index (χ1n) is 16.2. The van der Waals surface area contributed by atoms with Crippen molar-refractivity contribution in [2.75, 3.05) is 44.8 Å². The zero-order valence-corrected chi connectivity index (χ0v) is 28.1. The Kier molecular flexibility index (Phi) is 12.5. The molecule has 250 valence electrons. The second-order valence-electron chi connectivity index (χ2n) is 12.2. The van der Waals surface area contributed by atoms with Crippen LogP contribution in [0.3, 0.4) is 0 Å². The van der Waals surface area contributed by atoms with Gasteiger partial charge in [-0.15, -0.1) is 0 Å². The molecule has 2 fully saturated rings. The number of hydrogen-bond acceptors (Lipinski definition) is 8. The molecule has 0 radical (unpaired) electrons. The Hall–Kier alpha value is -4.77. The normalized spacial score (nSPS) is 16.9. The minimum atomic E-state index is -0.184. The SMILES string of the molecule is CCC(C)c1ccnc(N)c1C(N)=NC1CCN(C(=O)/C=C/CN(C)C2CC2)C1.COc1ccnc(NC(=O)c2ccc(C)cc2)c1. The molecule has 2 amide bonds. The highest BCUT2D eigenvalue weighted by atomic mass is 16.5. The van der Waals surface area contributed by atoms with Crippen LogP contribution in [0.15, 0.2) is 72.0 Å². The number of carbonyl (C=O) groups excluding carboxylic acids is 2.